The first-order valence-electron chi connectivity index (χ1n) is 4.52. The highest BCUT2D eigenvalue weighted by Gasteiger charge is 1.97. The molecule has 0 atom stereocenters. The molecule has 2 heterocycles. The van der Waals surface area contributed by atoms with Crippen LogP contribution in [0.5, 0.6) is 0 Å². The summed E-state index contributed by atoms with van der Waals surface area (Å²) in [7, 11) is 0. The van der Waals surface area contributed by atoms with Crippen molar-refractivity contribution in [3.8, 4) is 0 Å². The maximum atomic E-state index is 11.2. The SMILES string of the molecule is Cc1nnc(NN=Cc2cccs2)[nH]c1=O. The van der Waals surface area contributed by atoms with Crippen LogP contribution in [0, 0.1) is 6.92 Å². The van der Waals surface area contributed by atoms with Crippen LogP contribution in [0.4, 0.5) is 5.95 Å². The van der Waals surface area contributed by atoms with Crippen LogP contribution in [0.2, 0.25) is 0 Å². The molecule has 7 heteroatoms. The zero-order valence-corrected chi connectivity index (χ0v) is 9.28. The maximum absolute atomic E-state index is 11.2. The molecule has 0 saturated carbocycles. The number of nitrogens with one attached hydrogen (secondary N) is 2. The third kappa shape index (κ3) is 2.51. The Bertz CT molecular complexity index is 545. The number of aromatic nitrogens is 3. The minimum atomic E-state index is -0.274. The lowest BCUT2D eigenvalue weighted by atomic mass is 10.5. The molecule has 0 bridgehead atoms. The van der Waals surface area contributed by atoms with Gasteiger partial charge in [0.05, 0.1) is 6.21 Å². The van der Waals surface area contributed by atoms with E-state index in [4.69, 9.17) is 0 Å². The van der Waals surface area contributed by atoms with Crippen LogP contribution in [0.3, 0.4) is 0 Å². The molecule has 0 fully saturated rings. The summed E-state index contributed by atoms with van der Waals surface area (Å²) in [6, 6.07) is 3.86. The van der Waals surface area contributed by atoms with Crippen molar-refractivity contribution in [1.82, 2.24) is 15.2 Å². The Labute approximate surface area is 95.1 Å². The van der Waals surface area contributed by atoms with E-state index >= 15 is 0 Å². The van der Waals surface area contributed by atoms with Crippen molar-refractivity contribution in [3.63, 3.8) is 0 Å². The molecule has 0 aliphatic rings. The summed E-state index contributed by atoms with van der Waals surface area (Å²) in [6.07, 6.45) is 1.64. The van der Waals surface area contributed by atoms with Gasteiger partial charge in [0.2, 0.25) is 5.95 Å². The van der Waals surface area contributed by atoms with E-state index in [9.17, 15) is 4.79 Å². The molecule has 0 spiro atoms. The molecule has 2 rings (SSSR count). The number of aromatic amines is 1. The second kappa shape index (κ2) is 4.67. The molecule has 0 radical (unpaired) electrons. The van der Waals surface area contributed by atoms with E-state index in [2.05, 4.69) is 25.7 Å². The molecule has 2 N–H and O–H groups in total. The minimum absolute atomic E-state index is 0.225. The summed E-state index contributed by atoms with van der Waals surface area (Å²) < 4.78 is 0. The summed E-state index contributed by atoms with van der Waals surface area (Å²) in [5.74, 6) is 0.225. The molecule has 82 valence electrons. The molecule has 2 aromatic rings. The molecule has 6 nitrogen and oxygen atoms in total. The largest absolute Gasteiger partial charge is 0.288 e. The molecule has 0 amide bonds. The van der Waals surface area contributed by atoms with Crippen molar-refractivity contribution < 1.29 is 0 Å². The van der Waals surface area contributed by atoms with Crippen LogP contribution >= 0.6 is 11.3 Å². The van der Waals surface area contributed by atoms with Crippen molar-refractivity contribution in [2.45, 2.75) is 6.92 Å². The van der Waals surface area contributed by atoms with Gasteiger partial charge in [0.1, 0.15) is 5.69 Å². The second-order valence-corrected chi connectivity index (χ2v) is 3.95. The van der Waals surface area contributed by atoms with Gasteiger partial charge in [-0.05, 0) is 18.4 Å². The summed E-state index contributed by atoms with van der Waals surface area (Å²) in [4.78, 5) is 14.7. The Kier molecular flexibility index (Phi) is 3.06. The van der Waals surface area contributed by atoms with E-state index in [1.54, 1.807) is 24.5 Å². The number of aryl methyl sites for hydroxylation is 1. The monoisotopic (exact) mass is 235 g/mol. The third-order valence-corrected chi connectivity index (χ3v) is 2.57. The highest BCUT2D eigenvalue weighted by molar-refractivity contribution is 7.11. The van der Waals surface area contributed by atoms with Crippen LogP contribution in [0.25, 0.3) is 0 Å². The molecule has 0 saturated heterocycles. The molecular weight excluding hydrogens is 226 g/mol. The summed E-state index contributed by atoms with van der Waals surface area (Å²) in [6.45, 7) is 1.59. The lowest BCUT2D eigenvalue weighted by molar-refractivity contribution is 0.897. The normalized spacial score (nSPS) is 10.8. The fourth-order valence-electron chi connectivity index (χ4n) is 0.965. The fourth-order valence-corrected chi connectivity index (χ4v) is 1.55. The zero-order valence-electron chi connectivity index (χ0n) is 8.47. The summed E-state index contributed by atoms with van der Waals surface area (Å²) in [5.41, 5.74) is 2.65. The Morgan fingerprint density at radius 2 is 2.44 bits per heavy atom. The van der Waals surface area contributed by atoms with Crippen LogP contribution < -0.4 is 11.0 Å². The van der Waals surface area contributed by atoms with Gasteiger partial charge in [-0.15, -0.1) is 21.5 Å². The van der Waals surface area contributed by atoms with E-state index in [0.29, 0.717) is 5.69 Å². The first kappa shape index (κ1) is 10.5. The molecule has 0 aliphatic carbocycles. The highest BCUT2D eigenvalue weighted by Crippen LogP contribution is 2.04. The molecule has 0 unspecified atom stereocenters. The number of hydrazone groups is 1. The van der Waals surface area contributed by atoms with E-state index in [1.165, 1.54) is 0 Å². The van der Waals surface area contributed by atoms with Crippen molar-refractivity contribution in [2.24, 2.45) is 5.10 Å². The van der Waals surface area contributed by atoms with Gasteiger partial charge in [-0.2, -0.15) is 5.10 Å². The van der Waals surface area contributed by atoms with Gasteiger partial charge in [-0.25, -0.2) is 5.43 Å². The van der Waals surface area contributed by atoms with Gasteiger partial charge in [0.15, 0.2) is 0 Å². The Hall–Kier alpha value is -2.02. The first-order valence-corrected chi connectivity index (χ1v) is 5.40. The summed E-state index contributed by atoms with van der Waals surface area (Å²) in [5, 5.41) is 13.3. The summed E-state index contributed by atoms with van der Waals surface area (Å²) >= 11 is 1.57. The van der Waals surface area contributed by atoms with Crippen molar-refractivity contribution in [3.05, 3.63) is 38.4 Å². The van der Waals surface area contributed by atoms with Crippen molar-refractivity contribution in [2.75, 3.05) is 5.43 Å². The number of hydrogen-bond donors (Lipinski definition) is 2. The van der Waals surface area contributed by atoms with Crippen molar-refractivity contribution in [1.29, 1.82) is 0 Å². The predicted octanol–water partition coefficient (Wildman–Crippen LogP) is 0.981. The maximum Gasteiger partial charge on any atom is 0.274 e. The van der Waals surface area contributed by atoms with E-state index in [0.717, 1.165) is 4.88 Å². The Morgan fingerprint density at radius 1 is 1.56 bits per heavy atom. The average Bonchev–Trinajstić information content (AvgIpc) is 2.76. The second-order valence-electron chi connectivity index (χ2n) is 2.97. The number of anilines is 1. The Morgan fingerprint density at radius 3 is 3.12 bits per heavy atom. The van der Waals surface area contributed by atoms with E-state index in [-0.39, 0.29) is 11.5 Å². The number of H-pyrrole nitrogens is 1. The van der Waals surface area contributed by atoms with Gasteiger partial charge in [0, 0.05) is 4.88 Å². The molecule has 2 aromatic heterocycles. The standard InChI is InChI=1S/C9H9N5OS/c1-6-8(15)11-9(14-12-6)13-10-5-7-3-2-4-16-7/h2-5H,1H3,(H2,11,13,14,15). The quantitative estimate of drug-likeness (QED) is 0.613. The van der Waals surface area contributed by atoms with Gasteiger partial charge in [0.25, 0.3) is 5.56 Å². The lowest BCUT2D eigenvalue weighted by Crippen LogP contribution is -2.15. The molecular formula is C9H9N5OS. The van der Waals surface area contributed by atoms with Gasteiger partial charge >= 0.3 is 0 Å². The number of hydrogen-bond acceptors (Lipinski definition) is 6. The predicted molar refractivity (Wildman–Crippen MR) is 62.9 cm³/mol. The van der Waals surface area contributed by atoms with Crippen LogP contribution in [-0.4, -0.2) is 21.4 Å². The van der Waals surface area contributed by atoms with Gasteiger partial charge < -0.3 is 0 Å². The van der Waals surface area contributed by atoms with Crippen LogP contribution in [0.15, 0.2) is 27.4 Å². The fraction of sp³-hybridized carbons (Fsp3) is 0.111. The van der Waals surface area contributed by atoms with Crippen molar-refractivity contribution >= 4 is 23.5 Å². The third-order valence-electron chi connectivity index (χ3n) is 1.77. The molecule has 16 heavy (non-hydrogen) atoms. The topological polar surface area (TPSA) is 83.0 Å². The van der Waals surface area contributed by atoms with Crippen LogP contribution in [-0.2, 0) is 0 Å². The lowest BCUT2D eigenvalue weighted by Gasteiger charge is -1.96. The Balaban J connectivity index is 2.05. The number of rotatable bonds is 3. The van der Waals surface area contributed by atoms with E-state index in [1.807, 2.05) is 17.5 Å². The minimum Gasteiger partial charge on any atom is -0.288 e. The number of thiophene rings is 1. The molecule has 0 aliphatic heterocycles. The smallest absolute Gasteiger partial charge is 0.274 e. The first-order chi connectivity index (χ1) is 7.75. The highest BCUT2D eigenvalue weighted by atomic mass is 32.1. The van der Waals surface area contributed by atoms with Crippen LogP contribution in [0.1, 0.15) is 10.6 Å². The number of nitrogens with zero attached hydrogens (tertiary/aromatic N) is 3. The average molecular weight is 235 g/mol. The molecule has 0 aromatic carbocycles. The zero-order chi connectivity index (χ0) is 11.4. The van der Waals surface area contributed by atoms with Gasteiger partial charge in [-0.1, -0.05) is 6.07 Å². The van der Waals surface area contributed by atoms with E-state index < -0.39 is 0 Å². The van der Waals surface area contributed by atoms with Gasteiger partial charge in [-0.3, -0.25) is 9.78 Å².